The van der Waals surface area contributed by atoms with Gasteiger partial charge in [-0.05, 0) is 18.9 Å². The van der Waals surface area contributed by atoms with Crippen LogP contribution >= 0.6 is 0 Å². The van der Waals surface area contributed by atoms with Crippen LogP contribution in [0.2, 0.25) is 0 Å². The Morgan fingerprint density at radius 3 is 2.31 bits per heavy atom. The topological polar surface area (TPSA) is 21.3 Å². The summed E-state index contributed by atoms with van der Waals surface area (Å²) < 4.78 is 40.6. The van der Waals surface area contributed by atoms with Gasteiger partial charge in [-0.2, -0.15) is 13.2 Å². The van der Waals surface area contributed by atoms with Crippen molar-refractivity contribution in [3.8, 4) is 0 Å². The van der Waals surface area contributed by atoms with Gasteiger partial charge in [-0.15, -0.1) is 0 Å². The number of hydrogen-bond acceptors (Lipinski definition) is 2. The molecule has 0 aliphatic carbocycles. The summed E-state index contributed by atoms with van der Waals surface area (Å²) in [6.07, 6.45) is -3.98. The third-order valence-corrected chi connectivity index (χ3v) is 2.29. The second-order valence-corrected chi connectivity index (χ2v) is 4.24. The van der Waals surface area contributed by atoms with Crippen molar-refractivity contribution in [1.29, 1.82) is 0 Å². The highest BCUT2D eigenvalue weighted by atomic mass is 19.4. The van der Waals surface area contributed by atoms with Crippen molar-refractivity contribution < 1.29 is 17.9 Å². The van der Waals surface area contributed by atoms with Crippen molar-refractivity contribution in [2.24, 2.45) is 5.92 Å². The Balaban J connectivity index is 3.68. The van der Waals surface area contributed by atoms with E-state index >= 15 is 0 Å². The van der Waals surface area contributed by atoms with Crippen LogP contribution in [-0.2, 0) is 4.74 Å². The molecule has 0 aliphatic heterocycles. The van der Waals surface area contributed by atoms with Crippen LogP contribution < -0.4 is 5.32 Å². The number of ether oxygens (including phenoxy) is 1. The molecule has 0 saturated heterocycles. The summed E-state index contributed by atoms with van der Waals surface area (Å²) in [4.78, 5) is 0. The fourth-order valence-corrected chi connectivity index (χ4v) is 1.22. The minimum Gasteiger partial charge on any atom is -0.379 e. The van der Waals surface area contributed by atoms with Crippen molar-refractivity contribution in [1.82, 2.24) is 5.32 Å². The highest BCUT2D eigenvalue weighted by Crippen LogP contribution is 2.19. The Bertz CT molecular complexity index is 171. The second kappa shape index (κ2) is 7.90. The molecule has 0 saturated carbocycles. The molecule has 0 aromatic heterocycles. The van der Waals surface area contributed by atoms with Gasteiger partial charge >= 0.3 is 6.18 Å². The molecule has 0 aromatic rings. The van der Waals surface area contributed by atoms with E-state index in [4.69, 9.17) is 4.74 Å². The standard InChI is InChI=1S/C11H22F3NO/c1-4-6-15-10(9(2)3)8-16-7-5-11(12,13)14/h9-10,15H,4-8H2,1-3H3. The number of nitrogens with one attached hydrogen (secondary N) is 1. The molecule has 5 heteroatoms. The molecule has 0 bridgehead atoms. The van der Waals surface area contributed by atoms with E-state index in [-0.39, 0.29) is 12.6 Å². The number of alkyl halides is 3. The summed E-state index contributed by atoms with van der Waals surface area (Å²) in [5.74, 6) is 0.359. The van der Waals surface area contributed by atoms with Crippen molar-refractivity contribution in [2.45, 2.75) is 45.8 Å². The molecule has 98 valence electrons. The van der Waals surface area contributed by atoms with E-state index in [0.717, 1.165) is 13.0 Å². The van der Waals surface area contributed by atoms with Crippen LogP contribution in [0.5, 0.6) is 0 Å². The van der Waals surface area contributed by atoms with Gasteiger partial charge in [0.15, 0.2) is 0 Å². The normalized spacial score (nSPS) is 14.4. The van der Waals surface area contributed by atoms with Gasteiger partial charge in [-0.1, -0.05) is 20.8 Å². The van der Waals surface area contributed by atoms with Gasteiger partial charge in [0, 0.05) is 6.04 Å². The highest BCUT2D eigenvalue weighted by molar-refractivity contribution is 4.69. The summed E-state index contributed by atoms with van der Waals surface area (Å²) in [5, 5.41) is 3.26. The SMILES string of the molecule is CCCNC(COCCC(F)(F)F)C(C)C. The molecular weight excluding hydrogens is 219 g/mol. The van der Waals surface area contributed by atoms with Crippen molar-refractivity contribution in [3.63, 3.8) is 0 Å². The summed E-state index contributed by atoms with van der Waals surface area (Å²) in [6, 6.07) is 0.133. The van der Waals surface area contributed by atoms with E-state index in [2.05, 4.69) is 12.2 Å². The first-order valence-electron chi connectivity index (χ1n) is 5.74. The summed E-state index contributed by atoms with van der Waals surface area (Å²) in [5.41, 5.74) is 0. The quantitative estimate of drug-likeness (QED) is 0.660. The second-order valence-electron chi connectivity index (χ2n) is 4.24. The summed E-state index contributed by atoms with van der Waals surface area (Å²) in [6.45, 7) is 7.07. The highest BCUT2D eigenvalue weighted by Gasteiger charge is 2.26. The summed E-state index contributed by atoms with van der Waals surface area (Å²) in [7, 11) is 0. The van der Waals surface area contributed by atoms with E-state index in [1.54, 1.807) is 0 Å². The lowest BCUT2D eigenvalue weighted by molar-refractivity contribution is -0.145. The first kappa shape index (κ1) is 15.7. The zero-order chi connectivity index (χ0) is 12.6. The largest absolute Gasteiger partial charge is 0.391 e. The molecule has 1 unspecified atom stereocenters. The Morgan fingerprint density at radius 2 is 1.88 bits per heavy atom. The first-order valence-corrected chi connectivity index (χ1v) is 5.74. The van der Waals surface area contributed by atoms with Crippen molar-refractivity contribution >= 4 is 0 Å². The van der Waals surface area contributed by atoms with Crippen LogP contribution in [-0.4, -0.2) is 32.0 Å². The lowest BCUT2D eigenvalue weighted by Gasteiger charge is -2.22. The maximum Gasteiger partial charge on any atom is 0.391 e. The van der Waals surface area contributed by atoms with Gasteiger partial charge in [0.2, 0.25) is 0 Å². The third-order valence-electron chi connectivity index (χ3n) is 2.29. The monoisotopic (exact) mass is 241 g/mol. The average Bonchev–Trinajstić information content (AvgIpc) is 2.14. The van der Waals surface area contributed by atoms with Crippen LogP contribution in [0.1, 0.15) is 33.6 Å². The van der Waals surface area contributed by atoms with Gasteiger partial charge in [-0.3, -0.25) is 0 Å². The van der Waals surface area contributed by atoms with Crippen LogP contribution in [0.15, 0.2) is 0 Å². The van der Waals surface area contributed by atoms with E-state index in [1.165, 1.54) is 0 Å². The number of halogens is 3. The predicted molar refractivity (Wildman–Crippen MR) is 58.4 cm³/mol. The Kier molecular flexibility index (Phi) is 7.76. The molecule has 0 fully saturated rings. The molecular formula is C11H22F3NO. The van der Waals surface area contributed by atoms with E-state index < -0.39 is 12.6 Å². The smallest absolute Gasteiger partial charge is 0.379 e. The molecule has 0 spiro atoms. The van der Waals surface area contributed by atoms with Crippen molar-refractivity contribution in [3.05, 3.63) is 0 Å². The van der Waals surface area contributed by atoms with Gasteiger partial charge in [0.1, 0.15) is 0 Å². The lowest BCUT2D eigenvalue weighted by atomic mass is 10.1. The maximum atomic E-state index is 11.8. The Labute approximate surface area is 95.5 Å². The molecule has 16 heavy (non-hydrogen) atoms. The van der Waals surface area contributed by atoms with Gasteiger partial charge in [0.05, 0.1) is 19.6 Å². The van der Waals surface area contributed by atoms with Crippen LogP contribution in [0.4, 0.5) is 13.2 Å². The zero-order valence-electron chi connectivity index (χ0n) is 10.2. The van der Waals surface area contributed by atoms with Crippen molar-refractivity contribution in [2.75, 3.05) is 19.8 Å². The van der Waals surface area contributed by atoms with E-state index in [0.29, 0.717) is 12.5 Å². The van der Waals surface area contributed by atoms with Gasteiger partial charge in [0.25, 0.3) is 0 Å². The molecule has 0 aliphatic rings. The molecule has 0 aromatic carbocycles. The Morgan fingerprint density at radius 1 is 1.25 bits per heavy atom. The average molecular weight is 241 g/mol. The molecule has 1 atom stereocenters. The van der Waals surface area contributed by atoms with Crippen LogP contribution in [0.25, 0.3) is 0 Å². The van der Waals surface area contributed by atoms with Gasteiger partial charge in [-0.25, -0.2) is 0 Å². The molecule has 1 N–H and O–H groups in total. The molecule has 0 heterocycles. The third kappa shape index (κ3) is 8.97. The minimum absolute atomic E-state index is 0.133. The molecule has 0 radical (unpaired) electrons. The van der Waals surface area contributed by atoms with Crippen LogP contribution in [0.3, 0.4) is 0 Å². The fraction of sp³-hybridized carbons (Fsp3) is 1.00. The molecule has 0 amide bonds. The van der Waals surface area contributed by atoms with Crippen LogP contribution in [0, 0.1) is 5.92 Å². The lowest BCUT2D eigenvalue weighted by Crippen LogP contribution is -2.38. The number of hydrogen-bond donors (Lipinski definition) is 1. The molecule has 2 nitrogen and oxygen atoms in total. The maximum absolute atomic E-state index is 11.8. The minimum atomic E-state index is -4.12. The zero-order valence-corrected chi connectivity index (χ0v) is 10.2. The Hall–Kier alpha value is -0.290. The predicted octanol–water partition coefficient (Wildman–Crippen LogP) is 2.98. The number of rotatable bonds is 8. The first-order chi connectivity index (χ1) is 7.37. The molecule has 0 rings (SSSR count). The fourth-order valence-electron chi connectivity index (χ4n) is 1.22. The summed E-state index contributed by atoms with van der Waals surface area (Å²) >= 11 is 0. The van der Waals surface area contributed by atoms with E-state index in [1.807, 2.05) is 13.8 Å². The van der Waals surface area contributed by atoms with E-state index in [9.17, 15) is 13.2 Å². The van der Waals surface area contributed by atoms with Gasteiger partial charge < -0.3 is 10.1 Å².